The Morgan fingerprint density at radius 3 is 2.75 bits per heavy atom. The van der Waals surface area contributed by atoms with E-state index in [2.05, 4.69) is 20.4 Å². The maximum Gasteiger partial charge on any atom is 0.224 e. The average molecular weight is 373 g/mol. The van der Waals surface area contributed by atoms with Crippen molar-refractivity contribution in [2.45, 2.75) is 12.8 Å². The number of nitrogens with one attached hydrogen (secondary N) is 1. The molecule has 3 aromatic heterocycles. The lowest BCUT2D eigenvalue weighted by atomic mass is 10.1. The fourth-order valence-electron chi connectivity index (χ4n) is 2.96. The molecular weight excluding hydrogens is 354 g/mol. The summed E-state index contributed by atoms with van der Waals surface area (Å²) >= 11 is 0. The normalized spacial score (nSPS) is 10.9. The molecule has 0 saturated carbocycles. The molecule has 28 heavy (non-hydrogen) atoms. The van der Waals surface area contributed by atoms with Crippen LogP contribution in [-0.4, -0.2) is 37.1 Å². The highest BCUT2D eigenvalue weighted by Gasteiger charge is 2.09. The van der Waals surface area contributed by atoms with Crippen LogP contribution in [0.1, 0.15) is 11.3 Å². The summed E-state index contributed by atoms with van der Waals surface area (Å²) in [6.07, 6.45) is 6.09. The van der Waals surface area contributed by atoms with E-state index in [-0.39, 0.29) is 18.1 Å². The molecule has 1 aromatic carbocycles. The maximum absolute atomic E-state index is 12.1. The van der Waals surface area contributed by atoms with Crippen LogP contribution in [0.3, 0.4) is 0 Å². The fraction of sp³-hybridized carbons (Fsp3) is 0.143. The largest absolute Gasteiger partial charge is 0.508 e. The van der Waals surface area contributed by atoms with Crippen LogP contribution < -0.4 is 5.32 Å². The third kappa shape index (κ3) is 3.98. The molecule has 3 heterocycles. The number of aromatic nitrogens is 4. The summed E-state index contributed by atoms with van der Waals surface area (Å²) in [6, 6.07) is 14.5. The first-order valence-electron chi connectivity index (χ1n) is 8.98. The molecular formula is C21H19N5O2. The number of nitrogens with zero attached hydrogens (tertiary/aromatic N) is 4. The van der Waals surface area contributed by atoms with Crippen LogP contribution in [0.15, 0.2) is 67.1 Å². The van der Waals surface area contributed by atoms with Crippen LogP contribution >= 0.6 is 0 Å². The summed E-state index contributed by atoms with van der Waals surface area (Å²) in [5.41, 5.74) is 4.07. The minimum absolute atomic E-state index is 0.133. The van der Waals surface area contributed by atoms with Gasteiger partial charge in [0.15, 0.2) is 5.65 Å². The Kier molecular flexibility index (Phi) is 4.97. The molecule has 1 amide bonds. The second kappa shape index (κ2) is 7.87. The Balaban J connectivity index is 1.37. The van der Waals surface area contributed by atoms with Gasteiger partial charge in [-0.05, 0) is 24.3 Å². The van der Waals surface area contributed by atoms with E-state index in [9.17, 15) is 9.90 Å². The van der Waals surface area contributed by atoms with Crippen LogP contribution in [0.4, 0.5) is 0 Å². The monoisotopic (exact) mass is 373 g/mol. The van der Waals surface area contributed by atoms with Crippen LogP contribution in [0.25, 0.3) is 16.9 Å². The number of aromatic hydroxyl groups is 1. The summed E-state index contributed by atoms with van der Waals surface area (Å²) in [5, 5.41) is 17.1. The van der Waals surface area contributed by atoms with Crippen molar-refractivity contribution in [1.29, 1.82) is 0 Å². The smallest absolute Gasteiger partial charge is 0.224 e. The van der Waals surface area contributed by atoms with E-state index in [1.807, 2.05) is 30.5 Å². The second-order valence-corrected chi connectivity index (χ2v) is 6.39. The Morgan fingerprint density at radius 1 is 1.11 bits per heavy atom. The fourth-order valence-corrected chi connectivity index (χ4v) is 2.96. The first-order chi connectivity index (χ1) is 13.7. The standard InChI is InChI=1S/C21H19N5O2/c27-19-4-2-1-3-16(19)13-21(28)23-11-7-17-14-20-24-18(8-12-26(20)25-17)15-5-9-22-10-6-15/h1-6,8-10,12,14,27H,7,11,13H2,(H,23,28). The van der Waals surface area contributed by atoms with E-state index in [1.165, 1.54) is 0 Å². The number of rotatable bonds is 6. The van der Waals surface area contributed by atoms with Crippen molar-refractivity contribution in [3.63, 3.8) is 0 Å². The van der Waals surface area contributed by atoms with Crippen molar-refractivity contribution in [1.82, 2.24) is 24.9 Å². The molecule has 2 N–H and O–H groups in total. The van der Waals surface area contributed by atoms with E-state index in [1.54, 1.807) is 41.2 Å². The zero-order valence-electron chi connectivity index (χ0n) is 15.1. The molecule has 140 valence electrons. The van der Waals surface area contributed by atoms with Crippen molar-refractivity contribution in [3.05, 3.63) is 78.4 Å². The Bertz CT molecular complexity index is 1110. The van der Waals surface area contributed by atoms with Gasteiger partial charge in [-0.1, -0.05) is 18.2 Å². The molecule has 7 heteroatoms. The van der Waals surface area contributed by atoms with Gasteiger partial charge < -0.3 is 10.4 Å². The van der Waals surface area contributed by atoms with Crippen molar-refractivity contribution < 1.29 is 9.90 Å². The molecule has 0 aliphatic heterocycles. The van der Waals surface area contributed by atoms with Gasteiger partial charge >= 0.3 is 0 Å². The van der Waals surface area contributed by atoms with Crippen molar-refractivity contribution in [2.24, 2.45) is 0 Å². The second-order valence-electron chi connectivity index (χ2n) is 6.39. The number of benzene rings is 1. The molecule has 7 nitrogen and oxygen atoms in total. The van der Waals surface area contributed by atoms with Crippen LogP contribution in [0, 0.1) is 0 Å². The van der Waals surface area contributed by atoms with Crippen molar-refractivity contribution >= 4 is 11.6 Å². The molecule has 0 radical (unpaired) electrons. The van der Waals surface area contributed by atoms with Crippen molar-refractivity contribution in [3.8, 4) is 17.0 Å². The summed E-state index contributed by atoms with van der Waals surface area (Å²) in [4.78, 5) is 20.7. The highest BCUT2D eigenvalue weighted by atomic mass is 16.3. The molecule has 0 fully saturated rings. The van der Waals surface area contributed by atoms with Crippen LogP contribution in [0.2, 0.25) is 0 Å². The summed E-state index contributed by atoms with van der Waals surface area (Å²) in [7, 11) is 0. The third-order valence-corrected chi connectivity index (χ3v) is 4.40. The predicted octanol–water partition coefficient (Wildman–Crippen LogP) is 2.40. The third-order valence-electron chi connectivity index (χ3n) is 4.40. The number of hydrogen-bond acceptors (Lipinski definition) is 5. The Morgan fingerprint density at radius 2 is 1.93 bits per heavy atom. The number of phenolic OH excluding ortho intramolecular Hbond substituents is 1. The predicted molar refractivity (Wildman–Crippen MR) is 105 cm³/mol. The molecule has 0 bridgehead atoms. The van der Waals surface area contributed by atoms with E-state index < -0.39 is 0 Å². The minimum atomic E-state index is -0.136. The lowest BCUT2D eigenvalue weighted by molar-refractivity contribution is -0.120. The highest BCUT2D eigenvalue weighted by Crippen LogP contribution is 2.17. The molecule has 4 rings (SSSR count). The summed E-state index contributed by atoms with van der Waals surface area (Å²) < 4.78 is 1.73. The van der Waals surface area contributed by atoms with E-state index in [0.717, 1.165) is 22.6 Å². The zero-order chi connectivity index (χ0) is 19.3. The number of carbonyl (C=O) groups excluding carboxylic acids is 1. The number of fused-ring (bicyclic) bond motifs is 1. The number of hydrogen-bond donors (Lipinski definition) is 2. The summed E-state index contributed by atoms with van der Waals surface area (Å²) in [5.74, 6) is -0.00237. The SMILES string of the molecule is O=C(Cc1ccccc1O)NCCc1cc2nc(-c3ccncc3)ccn2n1. The molecule has 0 saturated heterocycles. The lowest BCUT2D eigenvalue weighted by Crippen LogP contribution is -2.27. The van der Waals surface area contributed by atoms with Crippen LogP contribution in [0.5, 0.6) is 5.75 Å². The number of carbonyl (C=O) groups is 1. The van der Waals surface area contributed by atoms with Gasteiger partial charge in [0.2, 0.25) is 5.91 Å². The molecule has 0 atom stereocenters. The van der Waals surface area contributed by atoms with E-state index in [4.69, 9.17) is 0 Å². The number of phenols is 1. The minimum Gasteiger partial charge on any atom is -0.508 e. The molecule has 4 aromatic rings. The van der Waals surface area contributed by atoms with Gasteiger partial charge in [-0.25, -0.2) is 9.50 Å². The molecule has 0 aliphatic rings. The van der Waals surface area contributed by atoms with E-state index in [0.29, 0.717) is 18.5 Å². The maximum atomic E-state index is 12.1. The number of para-hydroxylation sites is 1. The Hall–Kier alpha value is -3.74. The first-order valence-corrected chi connectivity index (χ1v) is 8.98. The molecule has 0 aliphatic carbocycles. The number of pyridine rings is 1. The summed E-state index contributed by atoms with van der Waals surface area (Å²) in [6.45, 7) is 0.466. The van der Waals surface area contributed by atoms with Gasteiger partial charge in [0.1, 0.15) is 5.75 Å². The average Bonchev–Trinajstić information content (AvgIpc) is 3.12. The van der Waals surface area contributed by atoms with Gasteiger partial charge in [-0.15, -0.1) is 0 Å². The molecule has 0 unspecified atom stereocenters. The van der Waals surface area contributed by atoms with E-state index >= 15 is 0 Å². The highest BCUT2D eigenvalue weighted by molar-refractivity contribution is 5.79. The topological polar surface area (TPSA) is 92.4 Å². The van der Waals surface area contributed by atoms with Gasteiger partial charge in [0.25, 0.3) is 0 Å². The van der Waals surface area contributed by atoms with Gasteiger partial charge in [0.05, 0.1) is 17.8 Å². The van der Waals surface area contributed by atoms with Gasteiger partial charge in [0, 0.05) is 48.7 Å². The van der Waals surface area contributed by atoms with Crippen molar-refractivity contribution in [2.75, 3.05) is 6.54 Å². The number of amides is 1. The van der Waals surface area contributed by atoms with Gasteiger partial charge in [-0.3, -0.25) is 9.78 Å². The van der Waals surface area contributed by atoms with Gasteiger partial charge in [-0.2, -0.15) is 5.10 Å². The zero-order valence-corrected chi connectivity index (χ0v) is 15.1. The first kappa shape index (κ1) is 17.7. The lowest BCUT2D eigenvalue weighted by Gasteiger charge is -2.05. The quantitative estimate of drug-likeness (QED) is 0.541. The van der Waals surface area contributed by atoms with Crippen LogP contribution in [-0.2, 0) is 17.6 Å². The Labute approximate surface area is 161 Å². The molecule has 0 spiro atoms.